The molecule has 0 aromatic heterocycles. The first-order chi connectivity index (χ1) is 12.9. The summed E-state index contributed by atoms with van der Waals surface area (Å²) in [5.41, 5.74) is 0.722. The van der Waals surface area contributed by atoms with Gasteiger partial charge in [-0.2, -0.15) is 0 Å². The summed E-state index contributed by atoms with van der Waals surface area (Å²) in [7, 11) is 1.74. The summed E-state index contributed by atoms with van der Waals surface area (Å²) in [6.07, 6.45) is 0.386. The van der Waals surface area contributed by atoms with Crippen molar-refractivity contribution in [3.05, 3.63) is 48.0 Å². The molecule has 0 spiro atoms. The average molecular weight is 370 g/mol. The van der Waals surface area contributed by atoms with Crippen molar-refractivity contribution in [2.75, 3.05) is 20.1 Å². The van der Waals surface area contributed by atoms with E-state index in [4.69, 9.17) is 4.74 Å². The normalized spacial score (nSPS) is 11.9. The van der Waals surface area contributed by atoms with Gasteiger partial charge in [-0.15, -0.1) is 0 Å². The Morgan fingerprint density at radius 2 is 1.70 bits per heavy atom. The van der Waals surface area contributed by atoms with Gasteiger partial charge in [-0.1, -0.05) is 36.4 Å². The molecule has 0 atom stereocenters. The molecule has 6 heteroatoms. The zero-order valence-electron chi connectivity index (χ0n) is 16.6. The van der Waals surface area contributed by atoms with Crippen LogP contribution in [0.25, 0.3) is 10.8 Å². The number of hydrogen-bond donors (Lipinski definition) is 3. The monoisotopic (exact) mass is 370 g/mol. The largest absolute Gasteiger partial charge is 0.444 e. The number of aliphatic imine (C=N–C) groups is 1. The number of amides is 1. The van der Waals surface area contributed by atoms with Crippen LogP contribution < -0.4 is 16.0 Å². The highest BCUT2D eigenvalue weighted by Gasteiger charge is 2.15. The van der Waals surface area contributed by atoms with Crippen LogP contribution in [0.2, 0.25) is 0 Å². The van der Waals surface area contributed by atoms with Gasteiger partial charge >= 0.3 is 6.09 Å². The Balaban J connectivity index is 1.69. The van der Waals surface area contributed by atoms with Crippen LogP contribution in [0, 0.1) is 0 Å². The molecule has 3 N–H and O–H groups in total. The predicted octanol–water partition coefficient (Wildman–Crippen LogP) is 3.42. The van der Waals surface area contributed by atoms with Crippen molar-refractivity contribution < 1.29 is 9.53 Å². The first kappa shape index (κ1) is 20.6. The van der Waals surface area contributed by atoms with Crippen molar-refractivity contribution in [3.8, 4) is 0 Å². The average Bonchev–Trinajstić information content (AvgIpc) is 2.62. The number of nitrogens with one attached hydrogen (secondary N) is 3. The summed E-state index contributed by atoms with van der Waals surface area (Å²) in [6.45, 7) is 7.48. The number of alkyl carbamates (subject to hydrolysis) is 1. The summed E-state index contributed by atoms with van der Waals surface area (Å²) in [6, 6.07) is 14.7. The van der Waals surface area contributed by atoms with Crippen LogP contribution in [0.4, 0.5) is 4.79 Å². The molecule has 0 bridgehead atoms. The molecule has 146 valence electrons. The number of carbonyl (C=O) groups is 1. The number of hydrogen-bond acceptors (Lipinski definition) is 3. The quantitative estimate of drug-likeness (QED) is 0.414. The molecule has 0 radical (unpaired) electrons. The first-order valence-electron chi connectivity index (χ1n) is 9.26. The van der Waals surface area contributed by atoms with Crippen molar-refractivity contribution in [2.45, 2.75) is 39.3 Å². The Labute approximate surface area is 161 Å². The standard InChI is InChI=1S/C21H30N4O2/c1-21(2,3)27-20(26)24-13-7-12-23-19(22-4)25-15-16-10-11-17-8-5-6-9-18(17)14-16/h5-6,8-11,14H,7,12-13,15H2,1-4H3,(H,24,26)(H2,22,23,25). The van der Waals surface area contributed by atoms with E-state index in [0.29, 0.717) is 19.6 Å². The summed E-state index contributed by atoms with van der Waals surface area (Å²) in [5, 5.41) is 11.8. The molecular weight excluding hydrogens is 340 g/mol. The van der Waals surface area contributed by atoms with Gasteiger partial charge in [-0.25, -0.2) is 4.79 Å². The van der Waals surface area contributed by atoms with Gasteiger partial charge in [0, 0.05) is 26.7 Å². The molecule has 0 aliphatic heterocycles. The zero-order chi connectivity index (χ0) is 19.7. The molecule has 27 heavy (non-hydrogen) atoms. The predicted molar refractivity (Wildman–Crippen MR) is 111 cm³/mol. The van der Waals surface area contributed by atoms with Crippen LogP contribution in [0.3, 0.4) is 0 Å². The Bertz CT molecular complexity index is 781. The van der Waals surface area contributed by atoms with E-state index < -0.39 is 5.60 Å². The summed E-state index contributed by atoms with van der Waals surface area (Å²) >= 11 is 0. The fraction of sp³-hybridized carbons (Fsp3) is 0.429. The Morgan fingerprint density at radius 3 is 2.41 bits per heavy atom. The van der Waals surface area contributed by atoms with E-state index in [1.165, 1.54) is 16.3 Å². The van der Waals surface area contributed by atoms with Gasteiger partial charge < -0.3 is 20.7 Å². The molecule has 2 aromatic rings. The van der Waals surface area contributed by atoms with E-state index in [0.717, 1.165) is 12.4 Å². The van der Waals surface area contributed by atoms with Crippen LogP contribution in [-0.2, 0) is 11.3 Å². The third kappa shape index (κ3) is 7.56. The van der Waals surface area contributed by atoms with Crippen molar-refractivity contribution in [1.29, 1.82) is 0 Å². The highest BCUT2D eigenvalue weighted by atomic mass is 16.6. The van der Waals surface area contributed by atoms with Crippen molar-refractivity contribution in [2.24, 2.45) is 4.99 Å². The highest BCUT2D eigenvalue weighted by Crippen LogP contribution is 2.15. The number of ether oxygens (including phenoxy) is 1. The van der Waals surface area contributed by atoms with Gasteiger partial charge in [-0.3, -0.25) is 4.99 Å². The maximum atomic E-state index is 11.6. The first-order valence-corrected chi connectivity index (χ1v) is 9.26. The topological polar surface area (TPSA) is 74.8 Å². The minimum absolute atomic E-state index is 0.388. The molecule has 2 aromatic carbocycles. The molecule has 0 saturated carbocycles. The molecule has 0 unspecified atom stereocenters. The molecule has 6 nitrogen and oxygen atoms in total. The third-order valence-electron chi connectivity index (χ3n) is 3.81. The van der Waals surface area contributed by atoms with E-state index in [2.05, 4.69) is 51.3 Å². The second-order valence-corrected chi connectivity index (χ2v) is 7.32. The summed E-state index contributed by atoms with van der Waals surface area (Å²) in [5.74, 6) is 0.737. The third-order valence-corrected chi connectivity index (χ3v) is 3.81. The van der Waals surface area contributed by atoms with Crippen LogP contribution in [0.15, 0.2) is 47.5 Å². The number of nitrogens with zero attached hydrogens (tertiary/aromatic N) is 1. The Morgan fingerprint density at radius 1 is 1.00 bits per heavy atom. The van der Waals surface area contributed by atoms with Crippen LogP contribution in [0.1, 0.15) is 32.8 Å². The number of fused-ring (bicyclic) bond motifs is 1. The van der Waals surface area contributed by atoms with Gasteiger partial charge in [0.1, 0.15) is 5.60 Å². The minimum Gasteiger partial charge on any atom is -0.444 e. The highest BCUT2D eigenvalue weighted by molar-refractivity contribution is 5.83. The lowest BCUT2D eigenvalue weighted by atomic mass is 10.1. The van der Waals surface area contributed by atoms with Gasteiger partial charge in [0.25, 0.3) is 0 Å². The van der Waals surface area contributed by atoms with E-state index >= 15 is 0 Å². The summed E-state index contributed by atoms with van der Waals surface area (Å²) in [4.78, 5) is 15.8. The minimum atomic E-state index is -0.475. The fourth-order valence-electron chi connectivity index (χ4n) is 2.55. The number of benzene rings is 2. The Hall–Kier alpha value is -2.76. The van der Waals surface area contributed by atoms with E-state index in [9.17, 15) is 4.79 Å². The van der Waals surface area contributed by atoms with Crippen molar-refractivity contribution in [1.82, 2.24) is 16.0 Å². The van der Waals surface area contributed by atoms with Gasteiger partial charge in [0.15, 0.2) is 5.96 Å². The van der Waals surface area contributed by atoms with Gasteiger partial charge in [0.05, 0.1) is 0 Å². The SMILES string of the molecule is CN=C(NCCCNC(=O)OC(C)(C)C)NCc1ccc2ccccc2c1. The van der Waals surface area contributed by atoms with Gasteiger partial charge in [-0.05, 0) is 49.6 Å². The molecular formula is C21H30N4O2. The zero-order valence-corrected chi connectivity index (χ0v) is 16.6. The van der Waals surface area contributed by atoms with Gasteiger partial charge in [0.2, 0.25) is 0 Å². The fourth-order valence-corrected chi connectivity index (χ4v) is 2.55. The molecule has 0 aliphatic carbocycles. The lowest BCUT2D eigenvalue weighted by Gasteiger charge is -2.19. The van der Waals surface area contributed by atoms with Crippen LogP contribution in [-0.4, -0.2) is 37.8 Å². The van der Waals surface area contributed by atoms with E-state index in [-0.39, 0.29) is 6.09 Å². The molecule has 2 rings (SSSR count). The Kier molecular flexibility index (Phi) is 7.46. The van der Waals surface area contributed by atoms with E-state index in [1.807, 2.05) is 32.9 Å². The molecule has 1 amide bonds. The molecule has 0 heterocycles. The van der Waals surface area contributed by atoms with Crippen LogP contribution >= 0.6 is 0 Å². The van der Waals surface area contributed by atoms with Crippen LogP contribution in [0.5, 0.6) is 0 Å². The lowest BCUT2D eigenvalue weighted by Crippen LogP contribution is -2.39. The number of carbonyl (C=O) groups excluding carboxylic acids is 1. The number of guanidine groups is 1. The smallest absolute Gasteiger partial charge is 0.407 e. The second-order valence-electron chi connectivity index (χ2n) is 7.32. The summed E-state index contributed by atoms with van der Waals surface area (Å²) < 4.78 is 5.20. The number of rotatable bonds is 6. The van der Waals surface area contributed by atoms with Crippen molar-refractivity contribution in [3.63, 3.8) is 0 Å². The molecule has 0 aliphatic rings. The molecule has 0 fully saturated rings. The second kappa shape index (κ2) is 9.80. The van der Waals surface area contributed by atoms with E-state index in [1.54, 1.807) is 7.05 Å². The maximum Gasteiger partial charge on any atom is 0.407 e. The van der Waals surface area contributed by atoms with Crippen molar-refractivity contribution >= 4 is 22.8 Å². The lowest BCUT2D eigenvalue weighted by molar-refractivity contribution is 0.0527. The molecule has 0 saturated heterocycles. The maximum absolute atomic E-state index is 11.6.